The molecule has 110 valence electrons. The molecule has 0 aliphatic heterocycles. The number of furan rings is 1. The summed E-state index contributed by atoms with van der Waals surface area (Å²) in [4.78, 5) is 21.2. The van der Waals surface area contributed by atoms with E-state index in [2.05, 4.69) is 0 Å². The molecule has 0 saturated heterocycles. The summed E-state index contributed by atoms with van der Waals surface area (Å²) in [5.41, 5.74) is 0.933. The van der Waals surface area contributed by atoms with Crippen LogP contribution in [0, 0.1) is 10.1 Å². The van der Waals surface area contributed by atoms with Crippen LogP contribution in [-0.4, -0.2) is 21.2 Å². The Labute approximate surface area is 124 Å². The molecule has 0 amide bonds. The first kappa shape index (κ1) is 15.1. The average molecular weight is 307 g/mol. The van der Waals surface area contributed by atoms with Crippen LogP contribution < -0.4 is 0 Å². The van der Waals surface area contributed by atoms with Gasteiger partial charge in [-0.15, -0.1) is 11.8 Å². The van der Waals surface area contributed by atoms with E-state index in [9.17, 15) is 20.0 Å². The summed E-state index contributed by atoms with van der Waals surface area (Å²) in [6, 6.07) is 12.1. The number of carboxylic acids is 1. The molecule has 1 unspecified atom stereocenters. The highest BCUT2D eigenvalue weighted by molar-refractivity contribution is 7.99. The Morgan fingerprint density at radius 1 is 1.29 bits per heavy atom. The minimum absolute atomic E-state index is 0.275. The summed E-state index contributed by atoms with van der Waals surface area (Å²) < 4.78 is 5.01. The van der Waals surface area contributed by atoms with Crippen molar-refractivity contribution in [3.63, 3.8) is 0 Å². The van der Waals surface area contributed by atoms with E-state index < -0.39 is 16.1 Å². The molecule has 21 heavy (non-hydrogen) atoms. The fourth-order valence-corrected chi connectivity index (χ4v) is 2.74. The number of benzene rings is 1. The predicted octanol–water partition coefficient (Wildman–Crippen LogP) is 3.12. The molecular weight excluding hydrogens is 294 g/mol. The molecular formula is C14H13NO5S. The van der Waals surface area contributed by atoms with Crippen LogP contribution in [0.3, 0.4) is 0 Å². The molecule has 2 rings (SSSR count). The molecule has 0 aliphatic carbocycles. The lowest BCUT2D eigenvalue weighted by Crippen LogP contribution is -2.19. The quantitative estimate of drug-likeness (QED) is 0.624. The molecule has 1 atom stereocenters. The molecule has 1 heterocycles. The minimum Gasteiger partial charge on any atom is -0.480 e. The van der Waals surface area contributed by atoms with Crippen molar-refractivity contribution in [3.05, 3.63) is 63.9 Å². The lowest BCUT2D eigenvalue weighted by Gasteiger charge is -2.11. The van der Waals surface area contributed by atoms with Gasteiger partial charge in [0.1, 0.15) is 15.9 Å². The van der Waals surface area contributed by atoms with Gasteiger partial charge in [-0.3, -0.25) is 14.9 Å². The van der Waals surface area contributed by atoms with Crippen molar-refractivity contribution in [1.29, 1.82) is 0 Å². The van der Waals surface area contributed by atoms with E-state index in [0.717, 1.165) is 5.56 Å². The van der Waals surface area contributed by atoms with Gasteiger partial charge in [0.2, 0.25) is 0 Å². The maximum Gasteiger partial charge on any atom is 0.433 e. The van der Waals surface area contributed by atoms with Crippen molar-refractivity contribution in [2.45, 2.75) is 17.4 Å². The van der Waals surface area contributed by atoms with Crippen LogP contribution in [0.5, 0.6) is 0 Å². The fraction of sp³-hybridized carbons (Fsp3) is 0.214. The third-order valence-electron chi connectivity index (χ3n) is 2.79. The third-order valence-corrected chi connectivity index (χ3v) is 4.02. The fourth-order valence-electron chi connectivity index (χ4n) is 1.77. The minimum atomic E-state index is -0.912. The van der Waals surface area contributed by atoms with Crippen LogP contribution in [-0.2, 0) is 17.0 Å². The van der Waals surface area contributed by atoms with Crippen molar-refractivity contribution in [1.82, 2.24) is 0 Å². The smallest absolute Gasteiger partial charge is 0.433 e. The summed E-state index contributed by atoms with van der Waals surface area (Å²) in [6.07, 6.45) is 0.393. The summed E-state index contributed by atoms with van der Waals surface area (Å²) in [6.45, 7) is 0. The highest BCUT2D eigenvalue weighted by atomic mass is 32.2. The zero-order valence-corrected chi connectivity index (χ0v) is 11.8. The van der Waals surface area contributed by atoms with Crippen LogP contribution in [0.15, 0.2) is 46.9 Å². The summed E-state index contributed by atoms with van der Waals surface area (Å²) in [5, 5.41) is 19.1. The van der Waals surface area contributed by atoms with Crippen molar-refractivity contribution in [3.8, 4) is 0 Å². The lowest BCUT2D eigenvalue weighted by molar-refractivity contribution is -0.402. The zero-order chi connectivity index (χ0) is 15.2. The van der Waals surface area contributed by atoms with Crippen LogP contribution in [0.2, 0.25) is 0 Å². The number of nitro groups is 1. The van der Waals surface area contributed by atoms with Gasteiger partial charge in [-0.05, 0) is 18.1 Å². The van der Waals surface area contributed by atoms with Gasteiger partial charge >= 0.3 is 11.9 Å². The molecule has 0 aliphatic rings. The molecule has 0 saturated carbocycles. The van der Waals surface area contributed by atoms with Crippen molar-refractivity contribution in [2.24, 2.45) is 0 Å². The lowest BCUT2D eigenvalue weighted by atomic mass is 10.1. The second-order valence-corrected chi connectivity index (χ2v) is 5.52. The van der Waals surface area contributed by atoms with Gasteiger partial charge < -0.3 is 9.52 Å². The standard InChI is InChI=1S/C14H13NO5S/c16-14(17)12(8-10-4-2-1-3-5-10)21-9-11-6-7-13(20-11)15(18)19/h1-7,12H,8-9H2,(H,16,17). The Morgan fingerprint density at radius 3 is 2.57 bits per heavy atom. The van der Waals surface area contributed by atoms with E-state index in [4.69, 9.17) is 4.42 Å². The van der Waals surface area contributed by atoms with E-state index in [1.54, 1.807) is 0 Å². The maximum atomic E-state index is 11.3. The number of nitrogens with zero attached hydrogens (tertiary/aromatic N) is 1. The van der Waals surface area contributed by atoms with Crippen LogP contribution >= 0.6 is 11.8 Å². The highest BCUT2D eigenvalue weighted by Crippen LogP contribution is 2.25. The maximum absolute atomic E-state index is 11.3. The van der Waals surface area contributed by atoms with Crippen LogP contribution in [0.1, 0.15) is 11.3 Å². The molecule has 6 nitrogen and oxygen atoms in total. The molecule has 7 heteroatoms. The molecule has 1 aromatic heterocycles. The SMILES string of the molecule is O=C(O)C(Cc1ccccc1)SCc1ccc([N+](=O)[O-])o1. The number of carbonyl (C=O) groups is 1. The monoisotopic (exact) mass is 307 g/mol. The van der Waals surface area contributed by atoms with E-state index in [1.807, 2.05) is 30.3 Å². The van der Waals surface area contributed by atoms with Gasteiger partial charge in [0, 0.05) is 0 Å². The first-order valence-corrected chi connectivity index (χ1v) is 7.22. The van der Waals surface area contributed by atoms with Gasteiger partial charge in [0.05, 0.1) is 11.8 Å². The molecule has 0 spiro atoms. The van der Waals surface area contributed by atoms with Gasteiger partial charge in [0.15, 0.2) is 0 Å². The summed E-state index contributed by atoms with van der Waals surface area (Å²) in [5.74, 6) is -0.575. The van der Waals surface area contributed by atoms with E-state index in [-0.39, 0.29) is 11.6 Å². The predicted molar refractivity (Wildman–Crippen MR) is 78.2 cm³/mol. The van der Waals surface area contributed by atoms with Gasteiger partial charge in [-0.2, -0.15) is 0 Å². The zero-order valence-electron chi connectivity index (χ0n) is 11.0. The van der Waals surface area contributed by atoms with Crippen LogP contribution in [0.4, 0.5) is 5.88 Å². The van der Waals surface area contributed by atoms with Crippen molar-refractivity contribution >= 4 is 23.6 Å². The average Bonchev–Trinajstić information content (AvgIpc) is 2.93. The van der Waals surface area contributed by atoms with Crippen LogP contribution in [0.25, 0.3) is 0 Å². The number of carboxylic acid groups (broad SMARTS) is 1. The number of aliphatic carboxylic acids is 1. The molecule has 2 aromatic rings. The number of hydrogen-bond donors (Lipinski definition) is 1. The summed E-state index contributed by atoms with van der Waals surface area (Å²) >= 11 is 1.19. The Balaban J connectivity index is 1.96. The summed E-state index contributed by atoms with van der Waals surface area (Å²) in [7, 11) is 0. The normalized spacial score (nSPS) is 12.0. The van der Waals surface area contributed by atoms with E-state index >= 15 is 0 Å². The van der Waals surface area contributed by atoms with Gasteiger partial charge in [0.25, 0.3) is 0 Å². The van der Waals surface area contributed by atoms with Gasteiger partial charge in [-0.25, -0.2) is 0 Å². The molecule has 1 aromatic carbocycles. The Hall–Kier alpha value is -2.28. The highest BCUT2D eigenvalue weighted by Gasteiger charge is 2.20. The van der Waals surface area contributed by atoms with E-state index in [0.29, 0.717) is 12.2 Å². The Morgan fingerprint density at radius 2 is 2.00 bits per heavy atom. The molecule has 0 bridgehead atoms. The Kier molecular flexibility index (Phi) is 4.99. The topological polar surface area (TPSA) is 93.6 Å². The second kappa shape index (κ2) is 6.94. The van der Waals surface area contributed by atoms with Gasteiger partial charge in [-0.1, -0.05) is 30.3 Å². The molecule has 0 radical (unpaired) electrons. The number of rotatable bonds is 7. The molecule has 0 fully saturated rings. The number of hydrogen-bond acceptors (Lipinski definition) is 5. The van der Waals surface area contributed by atoms with Crippen molar-refractivity contribution < 1.29 is 19.2 Å². The largest absolute Gasteiger partial charge is 0.480 e. The first-order valence-electron chi connectivity index (χ1n) is 6.17. The second-order valence-electron chi connectivity index (χ2n) is 4.32. The van der Waals surface area contributed by atoms with Crippen molar-refractivity contribution in [2.75, 3.05) is 0 Å². The first-order chi connectivity index (χ1) is 10.1. The Bertz CT molecular complexity index is 625. The third kappa shape index (κ3) is 4.35. The molecule has 1 N–H and O–H groups in total. The number of thioether (sulfide) groups is 1. The van der Waals surface area contributed by atoms with E-state index in [1.165, 1.54) is 23.9 Å².